The fourth-order valence-electron chi connectivity index (χ4n) is 19.2. The van der Waals surface area contributed by atoms with Gasteiger partial charge in [-0.3, -0.25) is 0 Å². The van der Waals surface area contributed by atoms with E-state index in [1.165, 1.54) is 132 Å². The molecule has 0 amide bonds. The van der Waals surface area contributed by atoms with Gasteiger partial charge in [-0.2, -0.15) is 0 Å². The van der Waals surface area contributed by atoms with Crippen molar-refractivity contribution in [3.8, 4) is 118 Å². The zero-order valence-electron chi connectivity index (χ0n) is 61.0. The van der Waals surface area contributed by atoms with Gasteiger partial charge in [-0.15, -0.1) is 0 Å². The molecule has 3 aliphatic carbocycles. The minimum atomic E-state index is -0.0553. The normalized spacial score (nSPS) is 14.1. The lowest BCUT2D eigenvalue weighted by molar-refractivity contribution is 0.660. The van der Waals surface area contributed by atoms with Crippen LogP contribution in [0.3, 0.4) is 0 Å². The molecule has 15 aromatic carbocycles. The van der Waals surface area contributed by atoms with E-state index in [1.54, 1.807) is 0 Å². The standard InChI is InChI=1S/C103H73N5/c1-101(2)86-28-13-7-22-74(86)80-55-64(38-48-89(80)101)67-41-51-97-83(58-67)77-25-10-16-31-94(77)106(97)71-44-34-62(35-45-71)92-61-93(63-36-46-72(47-37-63)107-95-32-17-11-26-78(95)84-59-68(42-52-98(84)107)65-39-49-90-81(56-65)75-23-8-14-29-87(75)102(90,3)4)105-100(104-92)70-20-19-21-73(54-70)108-96-33-18-12-27-79(96)85-60-69(43-53-99(85)108)66-40-50-91-82(57-66)76-24-9-15-30-88(76)103(91,5)6/h7-61H,1-6H3. The lowest BCUT2D eigenvalue weighted by Crippen LogP contribution is -2.14. The molecule has 0 unspecified atom stereocenters. The van der Waals surface area contributed by atoms with Crippen LogP contribution in [-0.4, -0.2) is 23.7 Å². The van der Waals surface area contributed by atoms with Gasteiger partial charge in [0.15, 0.2) is 5.82 Å². The predicted octanol–water partition coefficient (Wildman–Crippen LogP) is 26.7. The molecule has 5 heteroatoms. The fraction of sp³-hybridized carbons (Fsp3) is 0.0874. The SMILES string of the molecule is CC1(C)c2ccccc2-c2cc(-c3ccc4c(c3)c3ccccc3n4-c3ccc(-c4cc(-c5ccc(-n6c7ccccc7c7cc(-c8ccc9c(c8)-c8ccccc8C9(C)C)ccc76)cc5)nc(-c5cccc(-n6c7ccccc7c7cc(-c8ccc9c(c8)-c8ccccc8C9(C)C)ccc76)c5)n4)cc3)ccc21. The summed E-state index contributed by atoms with van der Waals surface area (Å²) in [5, 5.41) is 7.28. The predicted molar refractivity (Wildman–Crippen MR) is 450 cm³/mol. The summed E-state index contributed by atoms with van der Waals surface area (Å²) in [5.41, 5.74) is 38.1. The van der Waals surface area contributed by atoms with E-state index in [0.717, 1.165) is 78.2 Å². The Morgan fingerprint density at radius 1 is 0.194 bits per heavy atom. The molecule has 0 bridgehead atoms. The number of nitrogens with zero attached hydrogens (tertiary/aromatic N) is 5. The van der Waals surface area contributed by atoms with Crippen molar-refractivity contribution in [3.63, 3.8) is 0 Å². The van der Waals surface area contributed by atoms with E-state index in [9.17, 15) is 0 Å². The number of benzene rings is 15. The molecule has 510 valence electrons. The first-order valence-electron chi connectivity index (χ1n) is 37.8. The van der Waals surface area contributed by atoms with Crippen molar-refractivity contribution in [1.29, 1.82) is 0 Å². The largest absolute Gasteiger partial charge is 0.309 e. The summed E-state index contributed by atoms with van der Waals surface area (Å²) in [6.45, 7) is 14.1. The van der Waals surface area contributed by atoms with E-state index < -0.39 is 0 Å². The van der Waals surface area contributed by atoms with Gasteiger partial charge in [0, 0.05) is 82.3 Å². The Kier molecular flexibility index (Phi) is 13.2. The van der Waals surface area contributed by atoms with Gasteiger partial charge in [0.1, 0.15) is 0 Å². The molecule has 5 nitrogen and oxygen atoms in total. The summed E-state index contributed by atoms with van der Waals surface area (Å²) in [6, 6.07) is 124. The molecule has 0 saturated carbocycles. The van der Waals surface area contributed by atoms with Crippen LogP contribution in [0, 0.1) is 0 Å². The number of para-hydroxylation sites is 3. The van der Waals surface area contributed by atoms with E-state index in [1.807, 2.05) is 0 Å². The van der Waals surface area contributed by atoms with Gasteiger partial charge in [-0.1, -0.05) is 260 Å². The highest BCUT2D eigenvalue weighted by Crippen LogP contribution is 2.54. The Bertz CT molecular complexity index is 6780. The summed E-state index contributed by atoms with van der Waals surface area (Å²) < 4.78 is 7.23. The molecule has 22 rings (SSSR count). The van der Waals surface area contributed by atoms with Crippen molar-refractivity contribution in [3.05, 3.63) is 367 Å². The lowest BCUT2D eigenvalue weighted by atomic mass is 9.82. The Labute approximate surface area is 627 Å². The third kappa shape index (κ3) is 9.12. The molecule has 0 aliphatic heterocycles. The first kappa shape index (κ1) is 62.2. The second-order valence-corrected chi connectivity index (χ2v) is 31.7. The van der Waals surface area contributed by atoms with Crippen molar-refractivity contribution in [1.82, 2.24) is 23.7 Å². The molecule has 19 aromatic rings. The summed E-state index contributed by atoms with van der Waals surface area (Å²) in [5.74, 6) is 0.644. The lowest BCUT2D eigenvalue weighted by Gasteiger charge is -2.21. The molecular formula is C103H73N5. The monoisotopic (exact) mass is 1380 g/mol. The zero-order chi connectivity index (χ0) is 72.1. The van der Waals surface area contributed by atoms with Crippen LogP contribution in [0.25, 0.3) is 183 Å². The number of rotatable bonds is 9. The van der Waals surface area contributed by atoms with Crippen LogP contribution >= 0.6 is 0 Å². The van der Waals surface area contributed by atoms with Gasteiger partial charge in [-0.25, -0.2) is 9.97 Å². The molecule has 0 spiro atoms. The molecule has 0 fully saturated rings. The molecule has 3 aliphatic rings. The minimum Gasteiger partial charge on any atom is -0.309 e. The van der Waals surface area contributed by atoms with Crippen LogP contribution in [0.15, 0.2) is 334 Å². The van der Waals surface area contributed by atoms with Crippen molar-refractivity contribution in [2.24, 2.45) is 0 Å². The van der Waals surface area contributed by atoms with Gasteiger partial charge in [0.2, 0.25) is 0 Å². The maximum Gasteiger partial charge on any atom is 0.160 e. The van der Waals surface area contributed by atoms with E-state index in [0.29, 0.717) is 5.82 Å². The third-order valence-electron chi connectivity index (χ3n) is 24.7. The average molecular weight is 1380 g/mol. The molecule has 0 radical (unpaired) electrons. The van der Waals surface area contributed by atoms with Gasteiger partial charge < -0.3 is 13.7 Å². The van der Waals surface area contributed by atoms with Crippen LogP contribution in [0.2, 0.25) is 0 Å². The zero-order valence-corrected chi connectivity index (χ0v) is 61.0. The first-order valence-corrected chi connectivity index (χ1v) is 37.8. The van der Waals surface area contributed by atoms with Crippen LogP contribution in [0.1, 0.15) is 74.9 Å². The number of hydrogen-bond donors (Lipinski definition) is 0. The molecule has 4 heterocycles. The summed E-state index contributed by atoms with van der Waals surface area (Å²) in [7, 11) is 0. The van der Waals surface area contributed by atoms with Crippen LogP contribution < -0.4 is 0 Å². The van der Waals surface area contributed by atoms with Crippen LogP contribution in [0.5, 0.6) is 0 Å². The molecule has 0 atom stereocenters. The summed E-state index contributed by atoms with van der Waals surface area (Å²) in [4.78, 5) is 11.1. The highest BCUT2D eigenvalue weighted by Gasteiger charge is 2.38. The molecule has 0 N–H and O–H groups in total. The van der Waals surface area contributed by atoms with E-state index in [2.05, 4.69) is 389 Å². The molecular weight excluding hydrogens is 1310 g/mol. The Balaban J connectivity index is 0.648. The number of fused-ring (bicyclic) bond motifs is 18. The van der Waals surface area contributed by atoms with Crippen LogP contribution in [-0.2, 0) is 16.2 Å². The topological polar surface area (TPSA) is 40.6 Å². The minimum absolute atomic E-state index is 0.0477. The van der Waals surface area contributed by atoms with Crippen molar-refractivity contribution in [2.45, 2.75) is 57.8 Å². The van der Waals surface area contributed by atoms with E-state index in [4.69, 9.17) is 9.97 Å². The number of hydrogen-bond acceptors (Lipinski definition) is 2. The molecule has 0 saturated heterocycles. The third-order valence-corrected chi connectivity index (χ3v) is 24.7. The van der Waals surface area contributed by atoms with Gasteiger partial charge in [0.25, 0.3) is 0 Å². The Morgan fingerprint density at radius 3 is 0.870 bits per heavy atom. The van der Waals surface area contributed by atoms with Crippen molar-refractivity contribution >= 4 is 65.4 Å². The van der Waals surface area contributed by atoms with Gasteiger partial charge >= 0.3 is 0 Å². The Morgan fingerprint density at radius 2 is 0.491 bits per heavy atom. The smallest absolute Gasteiger partial charge is 0.160 e. The van der Waals surface area contributed by atoms with Crippen LogP contribution in [0.4, 0.5) is 0 Å². The first-order chi connectivity index (χ1) is 52.8. The highest BCUT2D eigenvalue weighted by molar-refractivity contribution is 6.13. The summed E-state index contributed by atoms with van der Waals surface area (Å²) >= 11 is 0. The fourth-order valence-corrected chi connectivity index (χ4v) is 19.2. The Hall–Kier alpha value is -13.2. The van der Waals surface area contributed by atoms with Gasteiger partial charge in [-0.05, 0) is 215 Å². The van der Waals surface area contributed by atoms with Crippen molar-refractivity contribution < 1.29 is 0 Å². The quantitative estimate of drug-likeness (QED) is 0.144. The van der Waals surface area contributed by atoms with E-state index >= 15 is 0 Å². The highest BCUT2D eigenvalue weighted by atomic mass is 15.0. The summed E-state index contributed by atoms with van der Waals surface area (Å²) in [6.07, 6.45) is 0. The average Bonchev–Trinajstić information content (AvgIpc) is 1.59. The molecule has 108 heavy (non-hydrogen) atoms. The van der Waals surface area contributed by atoms with Crippen molar-refractivity contribution in [2.75, 3.05) is 0 Å². The number of aromatic nitrogens is 5. The molecule has 4 aromatic heterocycles. The second kappa shape index (κ2) is 22.9. The van der Waals surface area contributed by atoms with Gasteiger partial charge in [0.05, 0.1) is 44.5 Å². The maximum atomic E-state index is 5.57. The maximum absolute atomic E-state index is 5.57. The second-order valence-electron chi connectivity index (χ2n) is 31.7. The van der Waals surface area contributed by atoms with E-state index in [-0.39, 0.29) is 16.2 Å².